The Hall–Kier alpha value is -0.0800. The fourth-order valence-electron chi connectivity index (χ4n) is 2.23. The van der Waals surface area contributed by atoms with Gasteiger partial charge in [0.25, 0.3) is 5.88 Å². The van der Waals surface area contributed by atoms with Crippen molar-refractivity contribution in [3.05, 3.63) is 10.4 Å². The van der Waals surface area contributed by atoms with E-state index in [0.29, 0.717) is 0 Å². The number of ether oxygens (including phenoxy) is 1. The van der Waals surface area contributed by atoms with Crippen LogP contribution in [-0.4, -0.2) is 21.8 Å². The van der Waals surface area contributed by atoms with Crippen LogP contribution >= 0.6 is 45.7 Å². The molecule has 0 aromatic carbocycles. The van der Waals surface area contributed by atoms with Crippen LogP contribution in [0.2, 0.25) is 0 Å². The van der Waals surface area contributed by atoms with Gasteiger partial charge in [0.2, 0.25) is 4.83 Å². The summed E-state index contributed by atoms with van der Waals surface area (Å²) in [5.41, 5.74) is 1.31. The number of aromatic nitrogens is 2. The number of rotatable bonds is 2. The minimum absolute atomic E-state index is 0.281. The SMILES string of the molecule is CSc1nc2sc(C)c(C)c2c2[n+]1CC(CI)O2. The zero-order chi connectivity index (χ0) is 12.9. The van der Waals surface area contributed by atoms with Crippen molar-refractivity contribution in [2.24, 2.45) is 0 Å². The first-order valence-electron chi connectivity index (χ1n) is 5.75. The largest absolute Gasteiger partial charge is 0.453 e. The van der Waals surface area contributed by atoms with Gasteiger partial charge < -0.3 is 4.74 Å². The number of nitrogens with zero attached hydrogens (tertiary/aromatic N) is 2. The molecule has 2 aromatic heterocycles. The van der Waals surface area contributed by atoms with Gasteiger partial charge in [0.15, 0.2) is 0 Å². The summed E-state index contributed by atoms with van der Waals surface area (Å²) in [6, 6.07) is 0. The predicted octanol–water partition coefficient (Wildman–Crippen LogP) is 3.12. The van der Waals surface area contributed by atoms with Crippen molar-refractivity contribution in [2.45, 2.75) is 31.7 Å². The molecule has 0 aliphatic carbocycles. The molecule has 0 spiro atoms. The lowest BCUT2D eigenvalue weighted by atomic mass is 10.2. The van der Waals surface area contributed by atoms with E-state index < -0.39 is 0 Å². The number of hydrogen-bond donors (Lipinski definition) is 0. The minimum atomic E-state index is 0.281. The van der Waals surface area contributed by atoms with Gasteiger partial charge in [-0.05, 0) is 42.4 Å². The Morgan fingerprint density at radius 2 is 2.33 bits per heavy atom. The molecule has 1 unspecified atom stereocenters. The zero-order valence-corrected chi connectivity index (χ0v) is 14.3. The van der Waals surface area contributed by atoms with Crippen LogP contribution in [0.25, 0.3) is 10.2 Å². The summed E-state index contributed by atoms with van der Waals surface area (Å²) in [5.74, 6) is 1.02. The van der Waals surface area contributed by atoms with Crippen molar-refractivity contribution in [2.75, 3.05) is 10.7 Å². The first kappa shape index (κ1) is 12.9. The standard InChI is InChI=1S/C12H14IN2OS2/c1-6-7(2)18-10-9(6)11-15(12(14-10)17-3)5-8(4-13)16-11/h8H,4-5H2,1-3H3/q+1. The van der Waals surface area contributed by atoms with Crippen molar-refractivity contribution in [3.63, 3.8) is 0 Å². The third-order valence-electron chi connectivity index (χ3n) is 3.27. The van der Waals surface area contributed by atoms with E-state index in [1.165, 1.54) is 15.8 Å². The van der Waals surface area contributed by atoms with Crippen molar-refractivity contribution < 1.29 is 9.30 Å². The van der Waals surface area contributed by atoms with Crippen LogP contribution < -0.4 is 9.30 Å². The summed E-state index contributed by atoms with van der Waals surface area (Å²) in [4.78, 5) is 7.22. The van der Waals surface area contributed by atoms with E-state index in [1.54, 1.807) is 23.1 Å². The van der Waals surface area contributed by atoms with Crippen molar-refractivity contribution >= 4 is 55.9 Å². The predicted molar refractivity (Wildman–Crippen MR) is 84.4 cm³/mol. The lowest BCUT2D eigenvalue weighted by molar-refractivity contribution is -0.720. The molecular formula is C12H14IN2OS2+. The lowest BCUT2D eigenvalue weighted by Crippen LogP contribution is -2.36. The molecular weight excluding hydrogens is 379 g/mol. The summed E-state index contributed by atoms with van der Waals surface area (Å²) in [7, 11) is 0. The Morgan fingerprint density at radius 3 is 3.00 bits per heavy atom. The maximum atomic E-state index is 6.11. The van der Waals surface area contributed by atoms with Gasteiger partial charge in [0.1, 0.15) is 18.0 Å². The van der Waals surface area contributed by atoms with Crippen LogP contribution in [0, 0.1) is 13.8 Å². The van der Waals surface area contributed by atoms with Crippen molar-refractivity contribution in [1.82, 2.24) is 4.98 Å². The number of thiophene rings is 1. The molecule has 18 heavy (non-hydrogen) atoms. The molecule has 0 radical (unpaired) electrons. The smallest absolute Gasteiger partial charge is 0.363 e. The maximum Gasteiger partial charge on any atom is 0.363 e. The van der Waals surface area contributed by atoms with E-state index in [-0.39, 0.29) is 6.10 Å². The average Bonchev–Trinajstić information content (AvgIpc) is 2.90. The summed E-state index contributed by atoms with van der Waals surface area (Å²) in [6.45, 7) is 5.24. The van der Waals surface area contributed by atoms with Gasteiger partial charge in [-0.2, -0.15) is 4.57 Å². The quantitative estimate of drug-likeness (QED) is 0.258. The summed E-state index contributed by atoms with van der Waals surface area (Å²) in [5, 5.41) is 2.27. The molecule has 1 atom stereocenters. The van der Waals surface area contributed by atoms with Gasteiger partial charge in [-0.15, -0.1) is 0 Å². The number of fused-ring (bicyclic) bond motifs is 3. The highest BCUT2D eigenvalue weighted by Crippen LogP contribution is 2.36. The summed E-state index contributed by atoms with van der Waals surface area (Å²) in [6.07, 6.45) is 2.36. The molecule has 0 N–H and O–H groups in total. The van der Waals surface area contributed by atoms with Gasteiger partial charge in [0, 0.05) is 9.30 Å². The molecule has 3 rings (SSSR count). The van der Waals surface area contributed by atoms with E-state index in [0.717, 1.165) is 26.8 Å². The first-order chi connectivity index (χ1) is 8.65. The number of aryl methyl sites for hydroxylation is 2. The first-order valence-corrected chi connectivity index (χ1v) is 9.32. The molecule has 0 saturated heterocycles. The maximum absolute atomic E-state index is 6.11. The van der Waals surface area contributed by atoms with Crippen LogP contribution in [0.1, 0.15) is 10.4 Å². The van der Waals surface area contributed by atoms with Crippen LogP contribution in [0.5, 0.6) is 5.88 Å². The molecule has 96 valence electrons. The molecule has 0 amide bonds. The van der Waals surface area contributed by atoms with E-state index in [4.69, 9.17) is 9.72 Å². The molecule has 1 aliphatic rings. The molecule has 3 nitrogen and oxygen atoms in total. The summed E-state index contributed by atoms with van der Waals surface area (Å²) >= 11 is 5.84. The molecule has 1 aliphatic heterocycles. The number of hydrogen-bond acceptors (Lipinski definition) is 4. The van der Waals surface area contributed by atoms with Crippen LogP contribution in [0.15, 0.2) is 5.16 Å². The Kier molecular flexibility index (Phi) is 3.44. The molecule has 3 heterocycles. The zero-order valence-electron chi connectivity index (χ0n) is 10.5. The Morgan fingerprint density at radius 1 is 1.56 bits per heavy atom. The molecule has 6 heteroatoms. The van der Waals surface area contributed by atoms with Gasteiger partial charge in [-0.25, -0.2) is 0 Å². The normalized spacial score (nSPS) is 18.1. The summed E-state index contributed by atoms with van der Waals surface area (Å²) < 4.78 is 9.36. The van der Waals surface area contributed by atoms with Crippen LogP contribution in [-0.2, 0) is 6.54 Å². The van der Waals surface area contributed by atoms with E-state index in [1.807, 2.05) is 0 Å². The monoisotopic (exact) mass is 393 g/mol. The van der Waals surface area contributed by atoms with Crippen molar-refractivity contribution in [1.29, 1.82) is 0 Å². The molecule has 0 saturated carbocycles. The second kappa shape index (κ2) is 4.79. The van der Waals surface area contributed by atoms with Gasteiger partial charge in [0.05, 0.1) is 0 Å². The Balaban J connectivity index is 2.31. The van der Waals surface area contributed by atoms with E-state index in [2.05, 4.69) is 47.3 Å². The molecule has 2 aromatic rings. The third-order valence-corrected chi connectivity index (χ3v) is 6.03. The minimum Gasteiger partial charge on any atom is -0.453 e. The number of alkyl halides is 1. The highest BCUT2D eigenvalue weighted by molar-refractivity contribution is 14.1. The fraction of sp³-hybridized carbons (Fsp3) is 0.500. The number of halogens is 1. The topological polar surface area (TPSA) is 26.0 Å². The van der Waals surface area contributed by atoms with Gasteiger partial charge in [-0.3, -0.25) is 0 Å². The average molecular weight is 393 g/mol. The Labute approximate surface area is 128 Å². The lowest BCUT2D eigenvalue weighted by Gasteiger charge is -2.01. The third kappa shape index (κ3) is 1.84. The second-order valence-corrected chi connectivity index (χ2v) is 7.23. The van der Waals surface area contributed by atoms with E-state index >= 15 is 0 Å². The fourth-order valence-corrected chi connectivity index (χ4v) is 4.32. The molecule has 0 fully saturated rings. The van der Waals surface area contributed by atoms with E-state index in [9.17, 15) is 0 Å². The second-order valence-electron chi connectivity index (χ2n) is 4.37. The Bertz CT molecular complexity index is 626. The van der Waals surface area contributed by atoms with Crippen LogP contribution in [0.4, 0.5) is 0 Å². The van der Waals surface area contributed by atoms with Crippen LogP contribution in [0.3, 0.4) is 0 Å². The molecule has 0 bridgehead atoms. The highest BCUT2D eigenvalue weighted by atomic mass is 127. The van der Waals surface area contributed by atoms with Gasteiger partial charge in [-0.1, -0.05) is 33.9 Å². The highest BCUT2D eigenvalue weighted by Gasteiger charge is 2.35. The van der Waals surface area contributed by atoms with Gasteiger partial charge >= 0.3 is 5.16 Å². The number of thioether (sulfide) groups is 1. The van der Waals surface area contributed by atoms with Crippen molar-refractivity contribution in [3.8, 4) is 5.88 Å².